The van der Waals surface area contributed by atoms with E-state index in [1.165, 1.54) is 28.8 Å². The Morgan fingerprint density at radius 2 is 1.86 bits per heavy atom. The lowest BCUT2D eigenvalue weighted by Gasteiger charge is -2.43. The molecule has 3 aliphatic heterocycles. The van der Waals surface area contributed by atoms with Crippen molar-refractivity contribution in [2.75, 3.05) is 61.1 Å². The molecule has 268 valence electrons. The zero-order valence-electron chi connectivity index (χ0n) is 29.1. The Morgan fingerprint density at radius 3 is 2.59 bits per heavy atom. The number of piperazine rings is 1. The number of halogens is 1. The number of rotatable bonds is 8. The second-order valence-electron chi connectivity index (χ2n) is 14.0. The van der Waals surface area contributed by atoms with Gasteiger partial charge in [-0.25, -0.2) is 9.37 Å². The maximum Gasteiger partial charge on any atom is 0.302 e. The smallest absolute Gasteiger partial charge is 0.302 e. The van der Waals surface area contributed by atoms with Crippen molar-refractivity contribution in [2.45, 2.75) is 58.0 Å². The number of ether oxygens (including phenoxy) is 2. The van der Waals surface area contributed by atoms with E-state index in [2.05, 4.69) is 30.7 Å². The first-order valence-electron chi connectivity index (χ1n) is 17.9. The molecule has 0 spiro atoms. The van der Waals surface area contributed by atoms with E-state index in [0.717, 1.165) is 76.5 Å². The quantitative estimate of drug-likeness (QED) is 0.261. The van der Waals surface area contributed by atoms with E-state index in [1.54, 1.807) is 30.3 Å². The van der Waals surface area contributed by atoms with Crippen LogP contribution in [0.3, 0.4) is 0 Å². The van der Waals surface area contributed by atoms with Gasteiger partial charge >= 0.3 is 5.97 Å². The minimum Gasteiger partial charge on any atom is -0.461 e. The Hall–Kier alpha value is -4.72. The van der Waals surface area contributed by atoms with Crippen molar-refractivity contribution in [3.05, 3.63) is 87.5 Å². The molecule has 1 aromatic carbocycles. The fraction of sp³-hybridized carbons (Fsp3) is 0.447. The minimum atomic E-state index is -1.09. The van der Waals surface area contributed by atoms with Crippen molar-refractivity contribution in [1.82, 2.24) is 19.0 Å². The predicted octanol–water partition coefficient (Wildman–Crippen LogP) is 4.11. The molecule has 12 nitrogen and oxygen atoms in total. The fourth-order valence-electron chi connectivity index (χ4n) is 8.01. The third kappa shape index (κ3) is 6.38. The van der Waals surface area contributed by atoms with Gasteiger partial charge in [0.25, 0.3) is 5.56 Å². The highest BCUT2D eigenvalue weighted by molar-refractivity contribution is 5.78. The number of anilines is 4. The molecule has 6 heterocycles. The van der Waals surface area contributed by atoms with Gasteiger partial charge in [0.15, 0.2) is 6.23 Å². The number of carbonyl (C=O) groups excluding carboxylic acids is 1. The van der Waals surface area contributed by atoms with Crippen LogP contribution in [0.1, 0.15) is 48.5 Å². The SMILES string of the molecule is CC(=O)OCc1c(-c2cc(Nc3ccc(N4CCN(C5COC5)CC4)cn3)c(=O)n(C)c2)ccc(F)c1N1CCn2c(cc3c2CCCC3)C1O. The molecular formula is C38H44FN7O5. The van der Waals surface area contributed by atoms with Gasteiger partial charge in [-0.05, 0) is 67.1 Å². The van der Waals surface area contributed by atoms with E-state index < -0.39 is 18.0 Å². The summed E-state index contributed by atoms with van der Waals surface area (Å²) in [7, 11) is 1.66. The van der Waals surface area contributed by atoms with Gasteiger partial charge in [0.05, 0.1) is 42.5 Å². The third-order valence-corrected chi connectivity index (χ3v) is 10.8. The predicted molar refractivity (Wildman–Crippen MR) is 192 cm³/mol. The van der Waals surface area contributed by atoms with E-state index in [0.29, 0.717) is 41.6 Å². The van der Waals surface area contributed by atoms with Gasteiger partial charge in [-0.3, -0.25) is 14.5 Å². The largest absolute Gasteiger partial charge is 0.461 e. The van der Waals surface area contributed by atoms with Gasteiger partial charge < -0.3 is 38.8 Å². The maximum atomic E-state index is 16.0. The number of nitrogens with one attached hydrogen (secondary N) is 1. The molecule has 13 heteroatoms. The normalized spacial score (nSPS) is 19.3. The highest BCUT2D eigenvalue weighted by Crippen LogP contribution is 2.41. The van der Waals surface area contributed by atoms with Crippen LogP contribution in [0.15, 0.2) is 53.6 Å². The van der Waals surface area contributed by atoms with Crippen molar-refractivity contribution in [3.63, 3.8) is 0 Å². The number of aryl methyl sites for hydroxylation is 2. The Kier molecular flexibility index (Phi) is 9.03. The standard InChI is InChI=1S/C38H44FN7O5/c1-24(47)51-23-30-29(8-9-31(39)36(30)46-16-15-45-33-6-4-3-5-25(33)18-34(45)38(46)49)26-17-32(37(48)42(2)20-26)41-35-10-7-27(19-40-35)43-11-13-44(14-12-43)28-21-50-22-28/h7-10,17-20,28,38,49H,3-6,11-16,21-23H2,1-2H3,(H,40,41). The van der Waals surface area contributed by atoms with Gasteiger partial charge in [-0.15, -0.1) is 0 Å². The molecule has 51 heavy (non-hydrogen) atoms. The van der Waals surface area contributed by atoms with Crippen LogP contribution in [0.5, 0.6) is 0 Å². The molecule has 3 aromatic heterocycles. The van der Waals surface area contributed by atoms with E-state index in [-0.39, 0.29) is 23.5 Å². The van der Waals surface area contributed by atoms with Crippen LogP contribution in [0, 0.1) is 5.82 Å². The highest BCUT2D eigenvalue weighted by Gasteiger charge is 2.34. The number of aliphatic hydroxyl groups is 1. The monoisotopic (exact) mass is 697 g/mol. The number of hydrogen-bond acceptors (Lipinski definition) is 10. The molecule has 1 unspecified atom stereocenters. The van der Waals surface area contributed by atoms with E-state index in [4.69, 9.17) is 9.47 Å². The van der Waals surface area contributed by atoms with E-state index in [9.17, 15) is 14.7 Å². The van der Waals surface area contributed by atoms with E-state index in [1.807, 2.05) is 18.3 Å². The first-order chi connectivity index (χ1) is 24.7. The van der Waals surface area contributed by atoms with Crippen LogP contribution in [-0.2, 0) is 47.3 Å². The summed E-state index contributed by atoms with van der Waals surface area (Å²) in [4.78, 5) is 36.5. The first-order valence-corrected chi connectivity index (χ1v) is 17.9. The molecule has 0 radical (unpaired) electrons. The molecule has 4 aromatic rings. The Bertz CT molecular complexity index is 2000. The summed E-state index contributed by atoms with van der Waals surface area (Å²) >= 11 is 0. The molecule has 1 aliphatic carbocycles. The molecule has 1 atom stereocenters. The fourth-order valence-corrected chi connectivity index (χ4v) is 8.01. The summed E-state index contributed by atoms with van der Waals surface area (Å²) in [5.41, 5.74) is 6.07. The van der Waals surface area contributed by atoms with Crippen molar-refractivity contribution < 1.29 is 23.8 Å². The van der Waals surface area contributed by atoms with Crippen LogP contribution in [0.2, 0.25) is 0 Å². The summed E-state index contributed by atoms with van der Waals surface area (Å²) in [6.07, 6.45) is 6.59. The number of benzene rings is 1. The molecule has 2 saturated heterocycles. The molecule has 2 N–H and O–H groups in total. The highest BCUT2D eigenvalue weighted by atomic mass is 19.1. The number of aromatic nitrogens is 3. The van der Waals surface area contributed by atoms with Gasteiger partial charge in [-0.2, -0.15) is 0 Å². The Morgan fingerprint density at radius 1 is 1.06 bits per heavy atom. The number of fused-ring (bicyclic) bond motifs is 3. The lowest BCUT2D eigenvalue weighted by molar-refractivity contribution is -0.142. The molecule has 2 fully saturated rings. The number of aliphatic hydroxyl groups excluding tert-OH is 1. The Balaban J connectivity index is 1.09. The molecule has 0 bridgehead atoms. The van der Waals surface area contributed by atoms with Crippen LogP contribution < -0.4 is 20.7 Å². The number of carbonyl (C=O) groups is 1. The molecule has 0 saturated carbocycles. The molecular weight excluding hydrogens is 653 g/mol. The second-order valence-corrected chi connectivity index (χ2v) is 14.0. The van der Waals surface area contributed by atoms with Crippen LogP contribution in [0.25, 0.3) is 11.1 Å². The summed E-state index contributed by atoms with van der Waals surface area (Å²) < 4.78 is 30.5. The average Bonchev–Trinajstić information content (AvgIpc) is 3.49. The van der Waals surface area contributed by atoms with Gasteiger partial charge in [-0.1, -0.05) is 6.07 Å². The van der Waals surface area contributed by atoms with Crippen molar-refractivity contribution in [3.8, 4) is 11.1 Å². The van der Waals surface area contributed by atoms with Crippen LogP contribution in [-0.4, -0.2) is 82.1 Å². The molecule has 0 amide bonds. The number of esters is 1. The van der Waals surface area contributed by atoms with Crippen LogP contribution >= 0.6 is 0 Å². The van der Waals surface area contributed by atoms with Crippen LogP contribution in [0.4, 0.5) is 27.3 Å². The molecule has 4 aliphatic rings. The average molecular weight is 698 g/mol. The van der Waals surface area contributed by atoms with Crippen molar-refractivity contribution >= 4 is 28.8 Å². The summed E-state index contributed by atoms with van der Waals surface area (Å²) in [5.74, 6) is -0.528. The summed E-state index contributed by atoms with van der Waals surface area (Å²) in [6, 6.07) is 11.2. The number of nitrogens with zero attached hydrogens (tertiary/aromatic N) is 6. The number of hydrogen-bond donors (Lipinski definition) is 2. The minimum absolute atomic E-state index is 0.175. The first kappa shape index (κ1) is 33.4. The number of pyridine rings is 2. The zero-order chi connectivity index (χ0) is 35.2. The zero-order valence-corrected chi connectivity index (χ0v) is 29.1. The van der Waals surface area contributed by atoms with Gasteiger partial charge in [0.2, 0.25) is 0 Å². The lowest BCUT2D eigenvalue weighted by atomic mass is 9.97. The van der Waals surface area contributed by atoms with Crippen molar-refractivity contribution in [2.24, 2.45) is 7.05 Å². The molecule has 8 rings (SSSR count). The van der Waals surface area contributed by atoms with E-state index >= 15 is 4.39 Å². The van der Waals surface area contributed by atoms with Crippen molar-refractivity contribution in [1.29, 1.82) is 0 Å². The topological polar surface area (TPSA) is 117 Å². The lowest BCUT2D eigenvalue weighted by Crippen LogP contribution is -2.56. The third-order valence-electron chi connectivity index (χ3n) is 10.8. The second kappa shape index (κ2) is 13.8. The summed E-state index contributed by atoms with van der Waals surface area (Å²) in [5, 5.41) is 14.9. The maximum absolute atomic E-state index is 16.0. The Labute approximate surface area is 296 Å². The van der Waals surface area contributed by atoms with Gasteiger partial charge in [0, 0.05) is 76.3 Å². The summed E-state index contributed by atoms with van der Waals surface area (Å²) in [6.45, 7) is 7.48. The van der Waals surface area contributed by atoms with Gasteiger partial charge in [0.1, 0.15) is 23.9 Å².